The topological polar surface area (TPSA) is 54.6 Å². The highest BCUT2D eigenvalue weighted by molar-refractivity contribution is 6.31. The molecule has 7 heteroatoms. The Balaban J connectivity index is 1.45. The van der Waals surface area contributed by atoms with Gasteiger partial charge in [-0.2, -0.15) is 0 Å². The van der Waals surface area contributed by atoms with Crippen LogP contribution in [-0.4, -0.2) is 35.2 Å². The number of aromatic nitrogens is 1. The van der Waals surface area contributed by atoms with E-state index in [9.17, 15) is 4.79 Å². The Kier molecular flexibility index (Phi) is 7.27. The van der Waals surface area contributed by atoms with Crippen molar-refractivity contribution in [2.24, 2.45) is 0 Å². The predicted octanol–water partition coefficient (Wildman–Crippen LogP) is 7.15. The van der Waals surface area contributed by atoms with E-state index in [0.29, 0.717) is 42.5 Å². The third-order valence-electron chi connectivity index (χ3n) is 6.52. The van der Waals surface area contributed by atoms with Crippen LogP contribution < -0.4 is 4.74 Å². The molecule has 5 nitrogen and oxygen atoms in total. The molecule has 1 aliphatic carbocycles. The number of allylic oxidation sites excluding steroid dienone is 2. The number of hydrogen-bond acceptors (Lipinski definition) is 3. The third-order valence-corrected chi connectivity index (χ3v) is 7.04. The van der Waals surface area contributed by atoms with E-state index in [2.05, 4.69) is 10.9 Å². The summed E-state index contributed by atoms with van der Waals surface area (Å²) in [6.45, 7) is 1.08. The molecule has 1 amide bonds. The lowest BCUT2D eigenvalue weighted by Crippen LogP contribution is -2.42. The van der Waals surface area contributed by atoms with E-state index in [0.717, 1.165) is 34.3 Å². The Bertz CT molecular complexity index is 1370. The maximum absolute atomic E-state index is 13.4. The summed E-state index contributed by atoms with van der Waals surface area (Å²) in [6.07, 6.45) is 12.8. The zero-order valence-corrected chi connectivity index (χ0v) is 21.2. The molecule has 1 N–H and O–H groups in total. The molecule has 0 saturated carbocycles. The zero-order valence-electron chi connectivity index (χ0n) is 19.7. The Labute approximate surface area is 220 Å². The fraction of sp³-hybridized carbons (Fsp3) is 0.276. The van der Waals surface area contributed by atoms with Crippen molar-refractivity contribution in [1.82, 2.24) is 9.88 Å². The number of ether oxygens (including phenoxy) is 2. The SMILES string of the molecule is C#CCCCOc1ccc([C@H]2c3[nH]c4ccc(Cl)cc4c3CCN2C(=O)OC2C=CC(Cl)=CC2)cc1. The number of carbonyl (C=O) groups excluding carboxylic acids is 1. The molecule has 5 rings (SSSR count). The van der Waals surface area contributed by atoms with Gasteiger partial charge in [0.1, 0.15) is 17.9 Å². The van der Waals surface area contributed by atoms with Crippen LogP contribution in [0.15, 0.2) is 65.7 Å². The number of hydrogen-bond donors (Lipinski definition) is 1. The van der Waals surface area contributed by atoms with E-state index in [-0.39, 0.29) is 18.2 Å². The smallest absolute Gasteiger partial charge is 0.411 e. The molecule has 184 valence electrons. The number of benzene rings is 2. The standard InChI is InChI=1S/C29H26Cl2N2O3/c1-2-3-4-17-35-22-10-5-19(6-11-22)28-27-24(25-18-21(31)9-14-26(25)32-27)15-16-33(28)29(34)36-23-12-7-20(30)8-13-23/h1,5-12,14,18,23,28,32H,3-4,13,15-17H2/t23?,28-/m0/s1. The lowest BCUT2D eigenvalue weighted by molar-refractivity contribution is 0.0690. The monoisotopic (exact) mass is 520 g/mol. The van der Waals surface area contributed by atoms with Gasteiger partial charge in [0, 0.05) is 46.0 Å². The minimum Gasteiger partial charge on any atom is -0.494 e. The number of carbonyl (C=O) groups is 1. The molecule has 0 fully saturated rings. The molecule has 2 aliphatic rings. The van der Waals surface area contributed by atoms with Gasteiger partial charge in [0.25, 0.3) is 0 Å². The number of fused-ring (bicyclic) bond motifs is 3. The van der Waals surface area contributed by atoms with Crippen LogP contribution in [0.2, 0.25) is 5.02 Å². The summed E-state index contributed by atoms with van der Waals surface area (Å²) in [5, 5.41) is 2.42. The molecule has 0 radical (unpaired) electrons. The van der Waals surface area contributed by atoms with Crippen molar-refractivity contribution in [2.75, 3.05) is 13.2 Å². The maximum atomic E-state index is 13.4. The number of nitrogens with one attached hydrogen (secondary N) is 1. The van der Waals surface area contributed by atoms with Crippen molar-refractivity contribution in [3.63, 3.8) is 0 Å². The number of H-pyrrole nitrogens is 1. The summed E-state index contributed by atoms with van der Waals surface area (Å²) in [5.74, 6) is 3.39. The maximum Gasteiger partial charge on any atom is 0.411 e. The molecule has 0 spiro atoms. The first-order chi connectivity index (χ1) is 17.5. The first-order valence-corrected chi connectivity index (χ1v) is 12.8. The highest BCUT2D eigenvalue weighted by atomic mass is 35.5. The minimum atomic E-state index is -0.363. The van der Waals surface area contributed by atoms with Crippen molar-refractivity contribution >= 4 is 40.2 Å². The van der Waals surface area contributed by atoms with Crippen molar-refractivity contribution in [2.45, 2.75) is 37.8 Å². The number of rotatable bonds is 6. The largest absolute Gasteiger partial charge is 0.494 e. The predicted molar refractivity (Wildman–Crippen MR) is 144 cm³/mol. The normalized spacial score (nSPS) is 18.9. The Hall–Kier alpha value is -3.33. The van der Waals surface area contributed by atoms with Gasteiger partial charge >= 0.3 is 6.09 Å². The van der Waals surface area contributed by atoms with Crippen LogP contribution in [0.4, 0.5) is 4.79 Å². The van der Waals surface area contributed by atoms with Crippen LogP contribution in [0.1, 0.15) is 42.1 Å². The second-order valence-corrected chi connectivity index (χ2v) is 9.76. The van der Waals surface area contributed by atoms with E-state index in [1.54, 1.807) is 11.0 Å². The van der Waals surface area contributed by atoms with Crippen LogP contribution in [0, 0.1) is 12.3 Å². The Morgan fingerprint density at radius 2 is 2.03 bits per heavy atom. The van der Waals surface area contributed by atoms with E-state index in [4.69, 9.17) is 39.1 Å². The molecule has 0 saturated heterocycles. The molecule has 2 heterocycles. The van der Waals surface area contributed by atoms with E-state index in [1.165, 1.54) is 5.56 Å². The second-order valence-electron chi connectivity index (χ2n) is 8.88. The molecule has 1 aromatic heterocycles. The van der Waals surface area contributed by atoms with Crippen LogP contribution >= 0.6 is 23.2 Å². The summed E-state index contributed by atoms with van der Waals surface area (Å²) in [4.78, 5) is 18.8. The second kappa shape index (κ2) is 10.7. The van der Waals surface area contributed by atoms with Crippen LogP contribution in [-0.2, 0) is 11.2 Å². The zero-order chi connectivity index (χ0) is 25.1. The lowest BCUT2D eigenvalue weighted by Gasteiger charge is -2.36. The van der Waals surface area contributed by atoms with Gasteiger partial charge in [0.2, 0.25) is 0 Å². The molecule has 2 aromatic carbocycles. The molecular weight excluding hydrogens is 495 g/mol. The van der Waals surface area contributed by atoms with E-state index in [1.807, 2.05) is 54.6 Å². The quantitative estimate of drug-likeness (QED) is 0.277. The van der Waals surface area contributed by atoms with Gasteiger partial charge < -0.3 is 14.5 Å². The Morgan fingerprint density at radius 1 is 1.19 bits per heavy atom. The summed E-state index contributed by atoms with van der Waals surface area (Å²) >= 11 is 12.3. The molecular formula is C29H26Cl2N2O3. The van der Waals surface area contributed by atoms with Crippen LogP contribution in [0.3, 0.4) is 0 Å². The summed E-state index contributed by atoms with van der Waals surface area (Å²) in [6, 6.07) is 13.3. The van der Waals surface area contributed by atoms with Crippen molar-refractivity contribution in [3.05, 3.63) is 87.6 Å². The van der Waals surface area contributed by atoms with E-state index < -0.39 is 0 Å². The van der Waals surface area contributed by atoms with Gasteiger partial charge in [-0.25, -0.2) is 4.79 Å². The number of amides is 1. The number of halogens is 2. The lowest BCUT2D eigenvalue weighted by atomic mass is 9.92. The third kappa shape index (κ3) is 5.11. The molecule has 0 bridgehead atoms. The summed E-state index contributed by atoms with van der Waals surface area (Å²) < 4.78 is 11.7. The summed E-state index contributed by atoms with van der Waals surface area (Å²) in [5.41, 5.74) is 4.10. The highest BCUT2D eigenvalue weighted by Crippen LogP contribution is 2.40. The van der Waals surface area contributed by atoms with Gasteiger partial charge in [-0.3, -0.25) is 4.90 Å². The molecule has 2 atom stereocenters. The fourth-order valence-corrected chi connectivity index (χ4v) is 5.11. The van der Waals surface area contributed by atoms with Gasteiger partial charge in [-0.15, -0.1) is 12.3 Å². The van der Waals surface area contributed by atoms with Gasteiger partial charge in [-0.05, 0) is 66.5 Å². The molecule has 1 aliphatic heterocycles. The minimum absolute atomic E-state index is 0.338. The average molecular weight is 521 g/mol. The first-order valence-electron chi connectivity index (χ1n) is 12.0. The first kappa shape index (κ1) is 24.4. The molecule has 36 heavy (non-hydrogen) atoms. The number of nitrogens with zero attached hydrogens (tertiary/aromatic N) is 1. The van der Waals surface area contributed by atoms with E-state index >= 15 is 0 Å². The number of terminal acetylenes is 1. The van der Waals surface area contributed by atoms with Crippen molar-refractivity contribution in [1.29, 1.82) is 0 Å². The molecule has 3 aromatic rings. The van der Waals surface area contributed by atoms with Gasteiger partial charge in [0.15, 0.2) is 0 Å². The van der Waals surface area contributed by atoms with Crippen LogP contribution in [0.5, 0.6) is 5.75 Å². The summed E-state index contributed by atoms with van der Waals surface area (Å²) in [7, 11) is 0. The fourth-order valence-electron chi connectivity index (χ4n) is 4.77. The highest BCUT2D eigenvalue weighted by Gasteiger charge is 2.36. The number of unbranched alkanes of at least 4 members (excludes halogenated alkanes) is 1. The van der Waals surface area contributed by atoms with Crippen molar-refractivity contribution < 1.29 is 14.3 Å². The average Bonchev–Trinajstić information content (AvgIpc) is 3.25. The Morgan fingerprint density at radius 3 is 2.78 bits per heavy atom. The van der Waals surface area contributed by atoms with Crippen molar-refractivity contribution in [3.8, 4) is 18.1 Å². The molecule has 1 unspecified atom stereocenters. The van der Waals surface area contributed by atoms with Gasteiger partial charge in [0.05, 0.1) is 6.61 Å². The number of aromatic amines is 1. The van der Waals surface area contributed by atoms with Gasteiger partial charge in [-0.1, -0.05) is 41.4 Å². The van der Waals surface area contributed by atoms with Crippen LogP contribution in [0.25, 0.3) is 10.9 Å².